The number of rotatable bonds is 4. The first-order chi connectivity index (χ1) is 7.50. The highest BCUT2D eigenvalue weighted by molar-refractivity contribution is 5.54. The van der Waals surface area contributed by atoms with Gasteiger partial charge in [0.05, 0.1) is 5.56 Å². The van der Waals surface area contributed by atoms with Crippen molar-refractivity contribution in [1.29, 1.82) is 0 Å². The largest absolute Gasteiger partial charge is 0.418 e. The monoisotopic (exact) mass is 232 g/mol. The number of halogens is 3. The number of hydrogen-bond acceptors (Lipinski definition) is 2. The summed E-state index contributed by atoms with van der Waals surface area (Å²) < 4.78 is 38.2. The van der Waals surface area contributed by atoms with Gasteiger partial charge in [-0.05, 0) is 19.1 Å². The highest BCUT2D eigenvalue weighted by Crippen LogP contribution is 2.36. The van der Waals surface area contributed by atoms with Crippen LogP contribution in [0.25, 0.3) is 0 Å². The van der Waals surface area contributed by atoms with E-state index < -0.39 is 11.7 Å². The Bertz CT molecular complexity index is 336. The van der Waals surface area contributed by atoms with Crippen LogP contribution in [0.3, 0.4) is 0 Å². The highest BCUT2D eigenvalue weighted by Gasteiger charge is 2.34. The van der Waals surface area contributed by atoms with Crippen molar-refractivity contribution in [2.24, 2.45) is 5.73 Å². The van der Waals surface area contributed by atoms with Crippen LogP contribution in [0.5, 0.6) is 0 Å². The minimum Gasteiger partial charge on any atom is -0.370 e. The van der Waals surface area contributed by atoms with Crippen LogP contribution < -0.4 is 10.6 Å². The predicted molar refractivity (Wildman–Crippen MR) is 58.4 cm³/mol. The van der Waals surface area contributed by atoms with Gasteiger partial charge in [0, 0.05) is 25.3 Å². The van der Waals surface area contributed by atoms with E-state index in [9.17, 15) is 13.2 Å². The number of nitrogens with zero attached hydrogens (tertiary/aromatic N) is 1. The van der Waals surface area contributed by atoms with E-state index in [1.165, 1.54) is 12.1 Å². The molecule has 1 aromatic carbocycles. The summed E-state index contributed by atoms with van der Waals surface area (Å²) >= 11 is 0. The second kappa shape index (κ2) is 5.21. The fraction of sp³-hybridized carbons (Fsp3) is 0.455. The lowest BCUT2D eigenvalue weighted by Gasteiger charge is -2.25. The number of para-hydroxylation sites is 1. The zero-order chi connectivity index (χ0) is 12.2. The van der Waals surface area contributed by atoms with Crippen LogP contribution in [0.4, 0.5) is 18.9 Å². The van der Waals surface area contributed by atoms with Gasteiger partial charge in [0.1, 0.15) is 0 Å². The molecule has 90 valence electrons. The molecule has 0 bridgehead atoms. The fourth-order valence-electron chi connectivity index (χ4n) is 1.59. The van der Waals surface area contributed by atoms with Gasteiger partial charge in [0.2, 0.25) is 0 Å². The molecule has 0 unspecified atom stereocenters. The average molecular weight is 232 g/mol. The molecule has 0 aliphatic rings. The van der Waals surface area contributed by atoms with Crippen molar-refractivity contribution in [2.75, 3.05) is 24.5 Å². The predicted octanol–water partition coefficient (Wildman–Crippen LogP) is 2.49. The Morgan fingerprint density at radius 2 is 1.88 bits per heavy atom. The van der Waals surface area contributed by atoms with Gasteiger partial charge in [0.15, 0.2) is 0 Å². The minimum atomic E-state index is -4.32. The first kappa shape index (κ1) is 12.8. The summed E-state index contributed by atoms with van der Waals surface area (Å²) in [7, 11) is 0. The molecule has 2 N–H and O–H groups in total. The van der Waals surface area contributed by atoms with Crippen molar-refractivity contribution >= 4 is 5.69 Å². The van der Waals surface area contributed by atoms with Crippen molar-refractivity contribution in [2.45, 2.75) is 13.1 Å². The molecule has 0 saturated heterocycles. The van der Waals surface area contributed by atoms with E-state index in [0.717, 1.165) is 6.07 Å². The fourth-order valence-corrected chi connectivity index (χ4v) is 1.59. The van der Waals surface area contributed by atoms with Gasteiger partial charge in [-0.1, -0.05) is 12.1 Å². The highest BCUT2D eigenvalue weighted by atomic mass is 19.4. The molecule has 0 atom stereocenters. The quantitative estimate of drug-likeness (QED) is 0.864. The van der Waals surface area contributed by atoms with E-state index in [4.69, 9.17) is 5.73 Å². The molecule has 0 aliphatic heterocycles. The van der Waals surface area contributed by atoms with Crippen molar-refractivity contribution in [3.63, 3.8) is 0 Å². The number of nitrogens with two attached hydrogens (primary N) is 1. The van der Waals surface area contributed by atoms with Crippen molar-refractivity contribution in [1.82, 2.24) is 0 Å². The van der Waals surface area contributed by atoms with E-state index in [0.29, 0.717) is 19.6 Å². The van der Waals surface area contributed by atoms with Gasteiger partial charge in [-0.2, -0.15) is 13.2 Å². The molecule has 0 radical (unpaired) electrons. The van der Waals surface area contributed by atoms with Crippen LogP contribution in [-0.4, -0.2) is 19.6 Å². The maximum absolute atomic E-state index is 12.7. The summed E-state index contributed by atoms with van der Waals surface area (Å²) in [4.78, 5) is 1.63. The van der Waals surface area contributed by atoms with E-state index in [2.05, 4.69) is 0 Å². The zero-order valence-electron chi connectivity index (χ0n) is 9.09. The Labute approximate surface area is 92.9 Å². The lowest BCUT2D eigenvalue weighted by Crippen LogP contribution is -2.30. The van der Waals surface area contributed by atoms with Gasteiger partial charge in [-0.3, -0.25) is 0 Å². The third-order valence-corrected chi connectivity index (χ3v) is 2.33. The first-order valence-corrected chi connectivity index (χ1v) is 5.12. The first-order valence-electron chi connectivity index (χ1n) is 5.12. The normalized spacial score (nSPS) is 11.6. The molecule has 0 saturated carbocycles. The van der Waals surface area contributed by atoms with Gasteiger partial charge >= 0.3 is 6.18 Å². The van der Waals surface area contributed by atoms with Crippen LogP contribution in [0, 0.1) is 0 Å². The van der Waals surface area contributed by atoms with Crippen molar-refractivity contribution in [3.05, 3.63) is 29.8 Å². The van der Waals surface area contributed by atoms with Crippen LogP contribution in [-0.2, 0) is 6.18 Å². The zero-order valence-corrected chi connectivity index (χ0v) is 9.09. The summed E-state index contributed by atoms with van der Waals surface area (Å²) in [6.07, 6.45) is -4.32. The van der Waals surface area contributed by atoms with Crippen LogP contribution in [0.1, 0.15) is 12.5 Å². The van der Waals surface area contributed by atoms with Gasteiger partial charge in [-0.15, -0.1) is 0 Å². The molecule has 0 amide bonds. The van der Waals surface area contributed by atoms with Crippen LogP contribution in [0.15, 0.2) is 24.3 Å². The maximum atomic E-state index is 12.7. The Morgan fingerprint density at radius 3 is 2.38 bits per heavy atom. The maximum Gasteiger partial charge on any atom is 0.418 e. The summed E-state index contributed by atoms with van der Waals surface area (Å²) in [5.74, 6) is 0. The smallest absolute Gasteiger partial charge is 0.370 e. The van der Waals surface area contributed by atoms with E-state index >= 15 is 0 Å². The number of alkyl halides is 3. The number of anilines is 1. The second-order valence-corrected chi connectivity index (χ2v) is 3.38. The summed E-state index contributed by atoms with van der Waals surface area (Å²) in [5, 5.41) is 0. The number of benzene rings is 1. The number of likely N-dealkylation sites (N-methyl/N-ethyl adjacent to an activating group) is 1. The minimum absolute atomic E-state index is 0.197. The summed E-state index contributed by atoms with van der Waals surface area (Å²) in [6, 6.07) is 5.56. The summed E-state index contributed by atoms with van der Waals surface area (Å²) in [6.45, 7) is 3.07. The molecule has 1 aromatic rings. The Morgan fingerprint density at radius 1 is 1.25 bits per heavy atom. The molecule has 0 fully saturated rings. The molecule has 1 rings (SSSR count). The van der Waals surface area contributed by atoms with Crippen LogP contribution >= 0.6 is 0 Å². The molecular weight excluding hydrogens is 217 g/mol. The van der Waals surface area contributed by atoms with E-state index in [-0.39, 0.29) is 5.69 Å². The second-order valence-electron chi connectivity index (χ2n) is 3.38. The van der Waals surface area contributed by atoms with Crippen molar-refractivity contribution < 1.29 is 13.2 Å². The Kier molecular flexibility index (Phi) is 4.18. The SMILES string of the molecule is CCN(CCN)c1ccccc1C(F)(F)F. The third-order valence-electron chi connectivity index (χ3n) is 2.33. The molecule has 0 spiro atoms. The topological polar surface area (TPSA) is 29.3 Å². The van der Waals surface area contributed by atoms with Gasteiger partial charge in [-0.25, -0.2) is 0 Å². The molecule has 0 aromatic heterocycles. The average Bonchev–Trinajstić information content (AvgIpc) is 2.25. The molecule has 0 aliphatic carbocycles. The standard InChI is InChI=1S/C11H15F3N2/c1-2-16(8-7-15)10-6-4-3-5-9(10)11(12,13)14/h3-6H,2,7-8,15H2,1H3. The Hall–Kier alpha value is -1.23. The van der Waals surface area contributed by atoms with Crippen LogP contribution in [0.2, 0.25) is 0 Å². The molecule has 2 nitrogen and oxygen atoms in total. The molecule has 0 heterocycles. The molecule has 16 heavy (non-hydrogen) atoms. The van der Waals surface area contributed by atoms with Gasteiger partial charge in [0.25, 0.3) is 0 Å². The lowest BCUT2D eigenvalue weighted by atomic mass is 10.1. The Balaban J connectivity index is 3.11. The van der Waals surface area contributed by atoms with Crippen molar-refractivity contribution in [3.8, 4) is 0 Å². The number of hydrogen-bond donors (Lipinski definition) is 1. The lowest BCUT2D eigenvalue weighted by molar-refractivity contribution is -0.137. The molecule has 5 heteroatoms. The molecular formula is C11H15F3N2. The third kappa shape index (κ3) is 2.88. The van der Waals surface area contributed by atoms with E-state index in [1.54, 1.807) is 11.0 Å². The summed E-state index contributed by atoms with van der Waals surface area (Å²) in [5.41, 5.74) is 4.97. The van der Waals surface area contributed by atoms with E-state index in [1.807, 2.05) is 6.92 Å². The van der Waals surface area contributed by atoms with Gasteiger partial charge < -0.3 is 10.6 Å².